The van der Waals surface area contributed by atoms with E-state index in [1.54, 1.807) is 7.11 Å². The molecule has 0 aromatic carbocycles. The molecule has 0 aromatic rings. The van der Waals surface area contributed by atoms with E-state index in [9.17, 15) is 0 Å². The molecular formula is C15H21BrO4. The Morgan fingerprint density at radius 3 is 2.90 bits per heavy atom. The lowest BCUT2D eigenvalue weighted by Crippen LogP contribution is -2.24. The van der Waals surface area contributed by atoms with Crippen LogP contribution in [0.3, 0.4) is 0 Å². The van der Waals surface area contributed by atoms with Gasteiger partial charge in [-0.1, -0.05) is 15.9 Å². The average molecular weight is 345 g/mol. The van der Waals surface area contributed by atoms with Crippen molar-refractivity contribution in [3.63, 3.8) is 0 Å². The van der Waals surface area contributed by atoms with Crippen molar-refractivity contribution in [2.45, 2.75) is 32.0 Å². The zero-order chi connectivity index (χ0) is 14.2. The van der Waals surface area contributed by atoms with E-state index in [4.69, 9.17) is 18.9 Å². The molecule has 2 rings (SSSR count). The first-order valence-electron chi connectivity index (χ1n) is 6.96. The van der Waals surface area contributed by atoms with Crippen LogP contribution in [0.15, 0.2) is 34.2 Å². The van der Waals surface area contributed by atoms with Crippen LogP contribution in [-0.2, 0) is 18.9 Å². The smallest absolute Gasteiger partial charge is 0.160 e. The second kappa shape index (κ2) is 8.49. The maximum Gasteiger partial charge on any atom is 0.160 e. The van der Waals surface area contributed by atoms with Gasteiger partial charge in [-0.3, -0.25) is 0 Å². The Bertz CT molecular complexity index is 395. The number of hydrogen-bond acceptors (Lipinski definition) is 4. The summed E-state index contributed by atoms with van der Waals surface area (Å²) in [6.07, 6.45) is 9.88. The lowest BCUT2D eigenvalue weighted by Gasteiger charge is -2.22. The summed E-state index contributed by atoms with van der Waals surface area (Å²) in [4.78, 5) is 0. The minimum atomic E-state index is -0.0660. The molecule has 0 aromatic heterocycles. The van der Waals surface area contributed by atoms with E-state index in [0.717, 1.165) is 41.9 Å². The van der Waals surface area contributed by atoms with Crippen molar-refractivity contribution in [3.8, 4) is 0 Å². The molecule has 2 aliphatic rings. The van der Waals surface area contributed by atoms with Crippen molar-refractivity contribution in [1.29, 1.82) is 0 Å². The summed E-state index contributed by atoms with van der Waals surface area (Å²) in [5, 5.41) is 0. The van der Waals surface area contributed by atoms with Crippen molar-refractivity contribution in [3.05, 3.63) is 34.2 Å². The van der Waals surface area contributed by atoms with Crippen LogP contribution in [0, 0.1) is 0 Å². The molecule has 1 aliphatic heterocycles. The van der Waals surface area contributed by atoms with E-state index < -0.39 is 0 Å². The van der Waals surface area contributed by atoms with Crippen molar-refractivity contribution < 1.29 is 18.9 Å². The standard InChI is InChI=1S/C15H21BrO4/c1-17-13-7-5-12(16)6-8-14(13)18-10-11-20-15-4-2-3-9-19-15/h5,7-8,15H,2-4,6,9-11H2,1H3. The predicted molar refractivity (Wildman–Crippen MR) is 80.3 cm³/mol. The topological polar surface area (TPSA) is 36.9 Å². The molecule has 5 heteroatoms. The molecule has 1 saturated heterocycles. The Labute approximate surface area is 128 Å². The van der Waals surface area contributed by atoms with Gasteiger partial charge in [0.2, 0.25) is 0 Å². The van der Waals surface area contributed by atoms with E-state index in [2.05, 4.69) is 15.9 Å². The third-order valence-corrected chi connectivity index (χ3v) is 3.73. The van der Waals surface area contributed by atoms with Crippen LogP contribution in [0.25, 0.3) is 0 Å². The Morgan fingerprint density at radius 1 is 1.25 bits per heavy atom. The first kappa shape index (κ1) is 15.6. The first-order chi connectivity index (χ1) is 9.79. The molecule has 1 aliphatic carbocycles. The number of rotatable bonds is 6. The molecule has 1 atom stereocenters. The SMILES string of the molecule is COC1=CC=C(Br)CC=C1OCCOC1CCCCO1. The largest absolute Gasteiger partial charge is 0.493 e. The van der Waals surface area contributed by atoms with Crippen molar-refractivity contribution in [2.75, 3.05) is 26.9 Å². The summed E-state index contributed by atoms with van der Waals surface area (Å²) in [6.45, 7) is 1.81. The van der Waals surface area contributed by atoms with Crippen LogP contribution in [0.1, 0.15) is 25.7 Å². The summed E-state index contributed by atoms with van der Waals surface area (Å²) in [6, 6.07) is 0. The fraction of sp³-hybridized carbons (Fsp3) is 0.600. The van der Waals surface area contributed by atoms with Crippen LogP contribution >= 0.6 is 15.9 Å². The molecule has 1 fully saturated rings. The third kappa shape index (κ3) is 4.96. The van der Waals surface area contributed by atoms with Gasteiger partial charge in [-0.2, -0.15) is 0 Å². The van der Waals surface area contributed by atoms with Crippen LogP contribution in [0.4, 0.5) is 0 Å². The molecule has 0 bridgehead atoms. The van der Waals surface area contributed by atoms with E-state index in [0.29, 0.717) is 13.2 Å². The Kier molecular flexibility index (Phi) is 6.63. The minimum absolute atomic E-state index is 0.0660. The quantitative estimate of drug-likeness (QED) is 0.689. The van der Waals surface area contributed by atoms with Gasteiger partial charge in [0.25, 0.3) is 0 Å². The Hall–Kier alpha value is -0.780. The molecule has 0 spiro atoms. The van der Waals surface area contributed by atoms with Crippen LogP contribution in [-0.4, -0.2) is 33.2 Å². The maximum absolute atomic E-state index is 5.74. The molecule has 4 nitrogen and oxygen atoms in total. The zero-order valence-electron chi connectivity index (χ0n) is 11.8. The highest BCUT2D eigenvalue weighted by Gasteiger charge is 2.14. The lowest BCUT2D eigenvalue weighted by atomic mass is 10.2. The Morgan fingerprint density at radius 2 is 2.15 bits per heavy atom. The minimum Gasteiger partial charge on any atom is -0.493 e. The van der Waals surface area contributed by atoms with Crippen molar-refractivity contribution in [2.24, 2.45) is 0 Å². The molecule has 0 N–H and O–H groups in total. The number of halogens is 1. The van der Waals surface area contributed by atoms with E-state index in [1.807, 2.05) is 18.2 Å². The summed E-state index contributed by atoms with van der Waals surface area (Å²) < 4.78 is 23.3. The second-order valence-corrected chi connectivity index (χ2v) is 5.66. The van der Waals surface area contributed by atoms with Gasteiger partial charge >= 0.3 is 0 Å². The highest BCUT2D eigenvalue weighted by molar-refractivity contribution is 9.11. The molecule has 1 heterocycles. The number of allylic oxidation sites excluding steroid dienone is 4. The molecule has 1 unspecified atom stereocenters. The lowest BCUT2D eigenvalue weighted by molar-refractivity contribution is -0.167. The summed E-state index contributed by atoms with van der Waals surface area (Å²) in [7, 11) is 1.64. The van der Waals surface area contributed by atoms with Crippen molar-refractivity contribution >= 4 is 15.9 Å². The van der Waals surface area contributed by atoms with Crippen molar-refractivity contribution in [1.82, 2.24) is 0 Å². The zero-order valence-corrected chi connectivity index (χ0v) is 13.4. The van der Waals surface area contributed by atoms with Gasteiger partial charge in [0, 0.05) is 13.0 Å². The summed E-state index contributed by atoms with van der Waals surface area (Å²) >= 11 is 3.48. The second-order valence-electron chi connectivity index (χ2n) is 4.64. The average Bonchev–Trinajstić information content (AvgIpc) is 2.66. The third-order valence-electron chi connectivity index (χ3n) is 3.14. The van der Waals surface area contributed by atoms with E-state index in [1.165, 1.54) is 6.42 Å². The van der Waals surface area contributed by atoms with Gasteiger partial charge in [-0.15, -0.1) is 0 Å². The van der Waals surface area contributed by atoms with Gasteiger partial charge in [-0.05, 0) is 42.0 Å². The van der Waals surface area contributed by atoms with Gasteiger partial charge in [0.05, 0.1) is 13.7 Å². The van der Waals surface area contributed by atoms with Gasteiger partial charge in [0.1, 0.15) is 6.61 Å². The van der Waals surface area contributed by atoms with Crippen LogP contribution in [0.2, 0.25) is 0 Å². The fourth-order valence-corrected chi connectivity index (χ4v) is 2.37. The molecule has 20 heavy (non-hydrogen) atoms. The highest BCUT2D eigenvalue weighted by atomic mass is 79.9. The fourth-order valence-electron chi connectivity index (χ4n) is 2.08. The molecule has 112 valence electrons. The number of ether oxygens (including phenoxy) is 4. The highest BCUT2D eigenvalue weighted by Crippen LogP contribution is 2.22. The van der Waals surface area contributed by atoms with Crippen LogP contribution < -0.4 is 0 Å². The predicted octanol–water partition coefficient (Wildman–Crippen LogP) is 3.64. The molecule has 0 amide bonds. The van der Waals surface area contributed by atoms with Gasteiger partial charge in [0.15, 0.2) is 17.8 Å². The summed E-state index contributed by atoms with van der Waals surface area (Å²) in [5.41, 5.74) is 0. The molecular weight excluding hydrogens is 324 g/mol. The molecule has 0 saturated carbocycles. The van der Waals surface area contributed by atoms with Crippen LogP contribution in [0.5, 0.6) is 0 Å². The van der Waals surface area contributed by atoms with Gasteiger partial charge in [-0.25, -0.2) is 0 Å². The van der Waals surface area contributed by atoms with Gasteiger partial charge < -0.3 is 18.9 Å². The maximum atomic E-state index is 5.74. The van der Waals surface area contributed by atoms with E-state index in [-0.39, 0.29) is 6.29 Å². The number of methoxy groups -OCH3 is 1. The number of hydrogen-bond donors (Lipinski definition) is 0. The monoisotopic (exact) mass is 344 g/mol. The normalized spacial score (nSPS) is 23.3. The first-order valence-corrected chi connectivity index (χ1v) is 7.76. The molecule has 0 radical (unpaired) electrons. The van der Waals surface area contributed by atoms with E-state index >= 15 is 0 Å². The Balaban J connectivity index is 1.72. The summed E-state index contributed by atoms with van der Waals surface area (Å²) in [5.74, 6) is 1.49.